The highest BCUT2D eigenvalue weighted by molar-refractivity contribution is 6.20. The molecule has 0 fully saturated rings. The fourth-order valence-corrected chi connectivity index (χ4v) is 2.26. The van der Waals surface area contributed by atoms with Gasteiger partial charge >= 0.3 is 0 Å². The third kappa shape index (κ3) is 3.08. The zero-order valence-corrected chi connectivity index (χ0v) is 13.0. The normalized spacial score (nSPS) is 11.6. The van der Waals surface area contributed by atoms with Crippen LogP contribution in [0.3, 0.4) is 0 Å². The topological polar surface area (TPSA) is 108 Å². The zero-order valence-electron chi connectivity index (χ0n) is 13.0. The summed E-state index contributed by atoms with van der Waals surface area (Å²) in [5.74, 6) is -0.611. The Morgan fingerprint density at radius 1 is 1.29 bits per heavy atom. The van der Waals surface area contributed by atoms with Crippen molar-refractivity contribution < 1.29 is 9.53 Å². The van der Waals surface area contributed by atoms with Gasteiger partial charge in [-0.3, -0.25) is 9.36 Å². The van der Waals surface area contributed by atoms with Gasteiger partial charge in [0.15, 0.2) is 5.65 Å². The molecule has 3 rings (SSSR count). The fraction of sp³-hybridized carbons (Fsp3) is 0.125. The summed E-state index contributed by atoms with van der Waals surface area (Å²) >= 11 is 0. The Labute approximate surface area is 138 Å². The van der Waals surface area contributed by atoms with Crippen molar-refractivity contribution in [2.45, 2.75) is 6.73 Å². The van der Waals surface area contributed by atoms with E-state index in [9.17, 15) is 4.79 Å². The van der Waals surface area contributed by atoms with Gasteiger partial charge < -0.3 is 15.8 Å². The predicted octanol–water partition coefficient (Wildman–Crippen LogP) is 1.37. The number of methoxy groups -OCH3 is 1. The van der Waals surface area contributed by atoms with Crippen molar-refractivity contribution in [3.63, 3.8) is 0 Å². The zero-order chi connectivity index (χ0) is 16.9. The number of amides is 1. The van der Waals surface area contributed by atoms with E-state index < -0.39 is 5.91 Å². The van der Waals surface area contributed by atoms with Gasteiger partial charge in [-0.1, -0.05) is 18.2 Å². The van der Waals surface area contributed by atoms with Gasteiger partial charge in [0, 0.05) is 19.0 Å². The van der Waals surface area contributed by atoms with Crippen LogP contribution in [0.2, 0.25) is 0 Å². The van der Waals surface area contributed by atoms with Gasteiger partial charge in [-0.25, -0.2) is 15.0 Å². The number of anilines is 1. The SMILES string of the molecule is COCn1cnc2c(/C(=C/Nc3ccccc3)C(N)=O)ncnc21. The molecule has 24 heavy (non-hydrogen) atoms. The Kier molecular flexibility index (Phi) is 4.48. The number of hydrogen-bond acceptors (Lipinski definition) is 6. The minimum Gasteiger partial charge on any atom is -0.365 e. The molecule has 3 aromatic rings. The maximum Gasteiger partial charge on any atom is 0.252 e. The van der Waals surface area contributed by atoms with E-state index >= 15 is 0 Å². The molecule has 8 nitrogen and oxygen atoms in total. The number of fused-ring (bicyclic) bond motifs is 1. The van der Waals surface area contributed by atoms with Crippen LogP contribution in [0.1, 0.15) is 5.69 Å². The van der Waals surface area contributed by atoms with Crippen molar-refractivity contribution in [1.29, 1.82) is 0 Å². The molecule has 0 atom stereocenters. The third-order valence-electron chi connectivity index (χ3n) is 3.35. The second-order valence-corrected chi connectivity index (χ2v) is 4.96. The lowest BCUT2D eigenvalue weighted by atomic mass is 10.1. The summed E-state index contributed by atoms with van der Waals surface area (Å²) in [6, 6.07) is 9.42. The van der Waals surface area contributed by atoms with Crippen LogP contribution < -0.4 is 11.1 Å². The summed E-state index contributed by atoms with van der Waals surface area (Å²) in [5, 5.41) is 3.04. The standard InChI is InChI=1S/C16H16N6O2/c1-24-10-22-9-21-14-13(19-8-20-16(14)22)12(15(17)23)7-18-11-5-3-2-4-6-11/h2-9,18H,10H2,1H3,(H2,17,23)/b12-7-. The summed E-state index contributed by atoms with van der Waals surface area (Å²) in [6.45, 7) is 0.296. The Bertz CT molecular complexity index is 888. The van der Waals surface area contributed by atoms with E-state index in [1.807, 2.05) is 30.3 Å². The number of nitrogens with two attached hydrogens (primary N) is 1. The molecule has 8 heteroatoms. The van der Waals surface area contributed by atoms with Crippen molar-refractivity contribution in [1.82, 2.24) is 19.5 Å². The van der Waals surface area contributed by atoms with E-state index in [2.05, 4.69) is 20.3 Å². The first kappa shape index (κ1) is 15.6. The first-order valence-corrected chi connectivity index (χ1v) is 7.17. The minimum absolute atomic E-state index is 0.217. The van der Waals surface area contributed by atoms with Crippen LogP contribution in [0, 0.1) is 0 Å². The van der Waals surface area contributed by atoms with Crippen molar-refractivity contribution in [3.05, 3.63) is 54.9 Å². The van der Waals surface area contributed by atoms with Crippen LogP contribution in [0.4, 0.5) is 5.69 Å². The quantitative estimate of drug-likeness (QED) is 0.663. The van der Waals surface area contributed by atoms with E-state index in [1.165, 1.54) is 12.5 Å². The van der Waals surface area contributed by atoms with Crippen LogP contribution >= 0.6 is 0 Å². The summed E-state index contributed by atoms with van der Waals surface area (Å²) in [7, 11) is 1.58. The van der Waals surface area contributed by atoms with Gasteiger partial charge in [0.25, 0.3) is 5.91 Å². The molecule has 0 aliphatic carbocycles. The number of nitrogens with zero attached hydrogens (tertiary/aromatic N) is 4. The van der Waals surface area contributed by atoms with Gasteiger partial charge in [0.05, 0.1) is 11.9 Å². The predicted molar refractivity (Wildman–Crippen MR) is 89.6 cm³/mol. The molecular weight excluding hydrogens is 308 g/mol. The molecule has 1 aromatic carbocycles. The number of imidazole rings is 1. The second-order valence-electron chi connectivity index (χ2n) is 4.96. The molecule has 0 bridgehead atoms. The molecule has 0 radical (unpaired) electrons. The van der Waals surface area contributed by atoms with Crippen molar-refractivity contribution in [3.8, 4) is 0 Å². The summed E-state index contributed by atoms with van der Waals surface area (Å²) < 4.78 is 6.80. The van der Waals surface area contributed by atoms with E-state index in [0.29, 0.717) is 23.6 Å². The van der Waals surface area contributed by atoms with Crippen LogP contribution in [0.15, 0.2) is 49.2 Å². The Morgan fingerprint density at radius 3 is 2.79 bits per heavy atom. The lowest BCUT2D eigenvalue weighted by Crippen LogP contribution is -2.15. The number of rotatable bonds is 6. The third-order valence-corrected chi connectivity index (χ3v) is 3.35. The Balaban J connectivity index is 2.03. The molecule has 3 N–H and O–H groups in total. The highest BCUT2D eigenvalue weighted by Crippen LogP contribution is 2.21. The van der Waals surface area contributed by atoms with E-state index in [0.717, 1.165) is 5.69 Å². The van der Waals surface area contributed by atoms with E-state index in [1.54, 1.807) is 18.0 Å². The molecule has 2 heterocycles. The minimum atomic E-state index is -0.611. The molecule has 0 saturated carbocycles. The summed E-state index contributed by atoms with van der Waals surface area (Å²) in [4.78, 5) is 24.5. The number of carbonyl (C=O) groups excluding carboxylic acids is 1. The number of para-hydroxylation sites is 1. The number of hydrogen-bond donors (Lipinski definition) is 2. The van der Waals surface area contributed by atoms with Crippen molar-refractivity contribution in [2.24, 2.45) is 5.73 Å². The Morgan fingerprint density at radius 2 is 2.08 bits per heavy atom. The van der Waals surface area contributed by atoms with Crippen LogP contribution in [-0.2, 0) is 16.3 Å². The molecule has 1 amide bonds. The fourth-order valence-electron chi connectivity index (χ4n) is 2.26. The number of carbonyl (C=O) groups is 1. The average molecular weight is 324 g/mol. The first-order valence-electron chi connectivity index (χ1n) is 7.17. The molecule has 0 spiro atoms. The average Bonchev–Trinajstić information content (AvgIpc) is 3.00. The number of benzene rings is 1. The maximum atomic E-state index is 11.9. The highest BCUT2D eigenvalue weighted by atomic mass is 16.5. The lowest BCUT2D eigenvalue weighted by Gasteiger charge is -2.06. The van der Waals surface area contributed by atoms with Gasteiger partial charge in [0.2, 0.25) is 0 Å². The van der Waals surface area contributed by atoms with Crippen LogP contribution in [-0.4, -0.2) is 32.5 Å². The lowest BCUT2D eigenvalue weighted by molar-refractivity contribution is -0.112. The molecule has 0 aliphatic heterocycles. The van der Waals surface area contributed by atoms with E-state index in [4.69, 9.17) is 10.5 Å². The molecule has 0 unspecified atom stereocenters. The Hall–Kier alpha value is -3.26. The summed E-state index contributed by atoms with van der Waals surface area (Å²) in [6.07, 6.45) is 4.47. The first-order chi connectivity index (χ1) is 11.7. The highest BCUT2D eigenvalue weighted by Gasteiger charge is 2.17. The van der Waals surface area contributed by atoms with Crippen molar-refractivity contribution in [2.75, 3.05) is 12.4 Å². The molecule has 2 aromatic heterocycles. The smallest absolute Gasteiger partial charge is 0.252 e. The van der Waals surface area contributed by atoms with Gasteiger partial charge in [0.1, 0.15) is 24.3 Å². The number of ether oxygens (including phenoxy) is 1. The molecule has 0 saturated heterocycles. The number of nitrogens with one attached hydrogen (secondary N) is 1. The van der Waals surface area contributed by atoms with Crippen LogP contribution in [0.25, 0.3) is 16.7 Å². The van der Waals surface area contributed by atoms with Gasteiger partial charge in [-0.15, -0.1) is 0 Å². The largest absolute Gasteiger partial charge is 0.365 e. The second kappa shape index (κ2) is 6.88. The number of primary amides is 1. The monoisotopic (exact) mass is 324 g/mol. The van der Waals surface area contributed by atoms with Gasteiger partial charge in [-0.2, -0.15) is 0 Å². The molecular formula is C16H16N6O2. The maximum absolute atomic E-state index is 11.9. The van der Waals surface area contributed by atoms with Gasteiger partial charge in [-0.05, 0) is 12.1 Å². The van der Waals surface area contributed by atoms with E-state index in [-0.39, 0.29) is 5.57 Å². The van der Waals surface area contributed by atoms with Crippen molar-refractivity contribution >= 4 is 28.3 Å². The number of aromatic nitrogens is 4. The van der Waals surface area contributed by atoms with Crippen LogP contribution in [0.5, 0.6) is 0 Å². The summed E-state index contributed by atoms with van der Waals surface area (Å²) in [5.41, 5.74) is 7.98. The molecule has 122 valence electrons. The molecule has 0 aliphatic rings.